The molecule has 3 nitrogen and oxygen atoms in total. The van der Waals surface area contributed by atoms with Gasteiger partial charge < -0.3 is 9.47 Å². The van der Waals surface area contributed by atoms with E-state index in [-0.39, 0.29) is 0 Å². The molecule has 0 amide bonds. The summed E-state index contributed by atoms with van der Waals surface area (Å²) in [5, 5.41) is 1.15. The number of fused-ring (bicyclic) bond motifs is 1. The molecule has 1 aliphatic rings. The van der Waals surface area contributed by atoms with Gasteiger partial charge in [0.05, 0.1) is 12.1 Å². The molecule has 1 fully saturated rings. The van der Waals surface area contributed by atoms with Crippen molar-refractivity contribution in [2.75, 3.05) is 13.2 Å². The molecule has 1 unspecified atom stereocenters. The Morgan fingerprint density at radius 3 is 3.12 bits per heavy atom. The number of epoxide rings is 1. The molecule has 2 heterocycles. The standard InChI is InChI=1S/C13H13NO2/c1-9-11-3-2-6-14-12(11)4-5-13(9)16-8-10-7-15-10/h2-6,10H,7-8H2,1H3. The highest BCUT2D eigenvalue weighted by molar-refractivity contribution is 5.84. The Balaban J connectivity index is 1.94. The fourth-order valence-corrected chi connectivity index (χ4v) is 1.78. The minimum absolute atomic E-state index is 0.295. The fraction of sp³-hybridized carbons (Fsp3) is 0.308. The summed E-state index contributed by atoms with van der Waals surface area (Å²) in [5.41, 5.74) is 2.15. The largest absolute Gasteiger partial charge is 0.490 e. The first-order valence-electron chi connectivity index (χ1n) is 5.43. The Bertz CT molecular complexity index is 520. The molecule has 1 atom stereocenters. The number of hydrogen-bond donors (Lipinski definition) is 0. The number of ether oxygens (including phenoxy) is 2. The summed E-state index contributed by atoms with van der Waals surface area (Å²) in [6, 6.07) is 7.99. The number of pyridine rings is 1. The molecule has 16 heavy (non-hydrogen) atoms. The van der Waals surface area contributed by atoms with E-state index in [1.54, 1.807) is 6.20 Å². The second-order valence-corrected chi connectivity index (χ2v) is 4.03. The van der Waals surface area contributed by atoms with Gasteiger partial charge in [-0.2, -0.15) is 0 Å². The van der Waals surface area contributed by atoms with E-state index < -0.39 is 0 Å². The highest BCUT2D eigenvalue weighted by Gasteiger charge is 2.23. The van der Waals surface area contributed by atoms with Crippen molar-refractivity contribution in [3.05, 3.63) is 36.0 Å². The Morgan fingerprint density at radius 2 is 2.31 bits per heavy atom. The number of hydrogen-bond acceptors (Lipinski definition) is 3. The lowest BCUT2D eigenvalue weighted by molar-refractivity contribution is 0.262. The molecular weight excluding hydrogens is 202 g/mol. The van der Waals surface area contributed by atoms with Crippen molar-refractivity contribution in [2.24, 2.45) is 0 Å². The molecular formula is C13H13NO2. The predicted molar refractivity (Wildman–Crippen MR) is 61.7 cm³/mol. The Labute approximate surface area is 94.0 Å². The van der Waals surface area contributed by atoms with Crippen LogP contribution < -0.4 is 4.74 Å². The van der Waals surface area contributed by atoms with E-state index in [0.717, 1.165) is 28.8 Å². The third-order valence-electron chi connectivity index (χ3n) is 2.83. The van der Waals surface area contributed by atoms with Crippen LogP contribution in [0.1, 0.15) is 5.56 Å². The van der Waals surface area contributed by atoms with E-state index in [0.29, 0.717) is 12.7 Å². The van der Waals surface area contributed by atoms with E-state index in [4.69, 9.17) is 9.47 Å². The zero-order chi connectivity index (χ0) is 11.0. The van der Waals surface area contributed by atoms with Crippen LogP contribution in [0.3, 0.4) is 0 Å². The van der Waals surface area contributed by atoms with Gasteiger partial charge >= 0.3 is 0 Å². The number of rotatable bonds is 3. The summed E-state index contributed by atoms with van der Waals surface area (Å²) < 4.78 is 10.8. The van der Waals surface area contributed by atoms with E-state index >= 15 is 0 Å². The monoisotopic (exact) mass is 215 g/mol. The van der Waals surface area contributed by atoms with Crippen LogP contribution in [-0.2, 0) is 4.74 Å². The lowest BCUT2D eigenvalue weighted by Crippen LogP contribution is -2.05. The molecule has 2 aromatic rings. The van der Waals surface area contributed by atoms with E-state index in [9.17, 15) is 0 Å². The van der Waals surface area contributed by atoms with Crippen molar-refractivity contribution >= 4 is 10.9 Å². The molecule has 1 saturated heterocycles. The van der Waals surface area contributed by atoms with E-state index in [2.05, 4.69) is 18.0 Å². The third kappa shape index (κ3) is 1.74. The summed E-state index contributed by atoms with van der Waals surface area (Å²) in [6.07, 6.45) is 2.10. The highest BCUT2D eigenvalue weighted by atomic mass is 16.6. The number of aromatic nitrogens is 1. The smallest absolute Gasteiger partial charge is 0.123 e. The first-order valence-corrected chi connectivity index (χ1v) is 5.43. The van der Waals surface area contributed by atoms with Crippen molar-refractivity contribution in [1.82, 2.24) is 4.98 Å². The van der Waals surface area contributed by atoms with E-state index in [1.165, 1.54) is 0 Å². The average Bonchev–Trinajstić information content (AvgIpc) is 3.13. The summed E-state index contributed by atoms with van der Waals surface area (Å²) >= 11 is 0. The molecule has 3 rings (SSSR count). The van der Waals surface area contributed by atoms with Gasteiger partial charge in [0.15, 0.2) is 0 Å². The molecule has 0 bridgehead atoms. The molecule has 1 aliphatic heterocycles. The summed E-state index contributed by atoms with van der Waals surface area (Å²) in [7, 11) is 0. The third-order valence-corrected chi connectivity index (χ3v) is 2.83. The van der Waals surface area contributed by atoms with Gasteiger partial charge in [0.25, 0.3) is 0 Å². The molecule has 0 spiro atoms. The van der Waals surface area contributed by atoms with Crippen LogP contribution in [0.25, 0.3) is 10.9 Å². The molecule has 1 aromatic heterocycles. The first-order chi connectivity index (χ1) is 7.84. The quantitative estimate of drug-likeness (QED) is 0.737. The second-order valence-electron chi connectivity index (χ2n) is 4.03. The van der Waals surface area contributed by atoms with Crippen LogP contribution in [0.4, 0.5) is 0 Å². The summed E-state index contributed by atoms with van der Waals surface area (Å²) in [5.74, 6) is 0.927. The van der Waals surface area contributed by atoms with Crippen molar-refractivity contribution in [2.45, 2.75) is 13.0 Å². The lowest BCUT2D eigenvalue weighted by Gasteiger charge is -2.09. The number of benzene rings is 1. The zero-order valence-electron chi connectivity index (χ0n) is 9.14. The maximum absolute atomic E-state index is 5.72. The minimum atomic E-state index is 0.295. The maximum Gasteiger partial charge on any atom is 0.123 e. The maximum atomic E-state index is 5.72. The van der Waals surface area contributed by atoms with Gasteiger partial charge in [0.2, 0.25) is 0 Å². The summed E-state index contributed by atoms with van der Waals surface area (Å²) in [6.45, 7) is 3.54. The lowest BCUT2D eigenvalue weighted by atomic mass is 10.1. The zero-order valence-corrected chi connectivity index (χ0v) is 9.14. The van der Waals surface area contributed by atoms with Gasteiger partial charge in [-0.3, -0.25) is 4.98 Å². The SMILES string of the molecule is Cc1c(OCC2CO2)ccc2ncccc12. The molecule has 82 valence electrons. The van der Waals surface area contributed by atoms with E-state index in [1.807, 2.05) is 18.2 Å². The van der Waals surface area contributed by atoms with Crippen molar-refractivity contribution in [1.29, 1.82) is 0 Å². The molecule has 0 radical (unpaired) electrons. The van der Waals surface area contributed by atoms with Crippen molar-refractivity contribution in [3.63, 3.8) is 0 Å². The van der Waals surface area contributed by atoms with Crippen molar-refractivity contribution in [3.8, 4) is 5.75 Å². The van der Waals surface area contributed by atoms with Crippen LogP contribution >= 0.6 is 0 Å². The molecule has 0 aliphatic carbocycles. The summed E-state index contributed by atoms with van der Waals surface area (Å²) in [4.78, 5) is 4.31. The molecule has 0 N–H and O–H groups in total. The molecule has 3 heteroatoms. The average molecular weight is 215 g/mol. The Morgan fingerprint density at radius 1 is 1.44 bits per heavy atom. The molecule has 1 aromatic carbocycles. The van der Waals surface area contributed by atoms with Crippen LogP contribution in [0, 0.1) is 6.92 Å². The predicted octanol–water partition coefficient (Wildman–Crippen LogP) is 2.32. The van der Waals surface area contributed by atoms with Crippen LogP contribution in [0.2, 0.25) is 0 Å². The van der Waals surface area contributed by atoms with Gasteiger partial charge in [-0.1, -0.05) is 6.07 Å². The van der Waals surface area contributed by atoms with Crippen LogP contribution in [-0.4, -0.2) is 24.3 Å². The van der Waals surface area contributed by atoms with Gasteiger partial charge in [-0.25, -0.2) is 0 Å². The first kappa shape index (κ1) is 9.60. The van der Waals surface area contributed by atoms with Gasteiger partial charge in [-0.05, 0) is 25.1 Å². The fourth-order valence-electron chi connectivity index (χ4n) is 1.78. The van der Waals surface area contributed by atoms with Crippen LogP contribution in [0.15, 0.2) is 30.5 Å². The highest BCUT2D eigenvalue weighted by Crippen LogP contribution is 2.26. The van der Waals surface area contributed by atoms with Crippen LogP contribution in [0.5, 0.6) is 5.75 Å². The Kier molecular flexibility index (Phi) is 2.26. The van der Waals surface area contributed by atoms with Crippen molar-refractivity contribution < 1.29 is 9.47 Å². The van der Waals surface area contributed by atoms with Gasteiger partial charge in [0, 0.05) is 17.1 Å². The second kappa shape index (κ2) is 3.76. The Hall–Kier alpha value is -1.61. The van der Waals surface area contributed by atoms with Gasteiger partial charge in [-0.15, -0.1) is 0 Å². The number of aryl methyl sites for hydroxylation is 1. The van der Waals surface area contributed by atoms with Gasteiger partial charge in [0.1, 0.15) is 18.5 Å². The minimum Gasteiger partial charge on any atom is -0.490 e. The topological polar surface area (TPSA) is 34.6 Å². The number of nitrogens with zero attached hydrogens (tertiary/aromatic N) is 1. The molecule has 0 saturated carbocycles. The normalized spacial score (nSPS) is 18.7.